The fourth-order valence-electron chi connectivity index (χ4n) is 6.34. The topological polar surface area (TPSA) is 23.6 Å². The molecule has 2 aromatic rings. The van der Waals surface area contributed by atoms with Crippen LogP contribution < -0.4 is 9.80 Å². The van der Waals surface area contributed by atoms with E-state index in [4.69, 9.17) is 0 Å². The summed E-state index contributed by atoms with van der Waals surface area (Å²) in [7, 11) is 0. The molecule has 0 atom stereocenters. The van der Waals surface area contributed by atoms with Crippen LogP contribution in [0.15, 0.2) is 95.4 Å². The Morgan fingerprint density at radius 1 is 0.667 bits per heavy atom. The van der Waals surface area contributed by atoms with Gasteiger partial charge in [-0.05, 0) is 62.1 Å². The molecule has 0 saturated heterocycles. The zero-order valence-corrected chi connectivity index (χ0v) is 22.6. The highest BCUT2D eigenvalue weighted by molar-refractivity contribution is 6.11. The normalized spacial score (nSPS) is 24.4. The average Bonchev–Trinajstić information content (AvgIpc) is 3.41. The minimum Gasteiger partial charge on any atom is -0.344 e. The molecule has 36 heavy (non-hydrogen) atoms. The fourth-order valence-corrected chi connectivity index (χ4v) is 6.34. The monoisotopic (exact) mass is 478 g/mol. The molecular formula is C33H38N2O. The molecule has 5 rings (SSSR count). The summed E-state index contributed by atoms with van der Waals surface area (Å²) in [5.41, 5.74) is 9.44. The summed E-state index contributed by atoms with van der Waals surface area (Å²) in [6.45, 7) is 15.3. The summed E-state index contributed by atoms with van der Waals surface area (Å²) >= 11 is 0. The first-order valence-corrected chi connectivity index (χ1v) is 13.3. The molecule has 0 amide bonds. The number of ketones is 1. The molecule has 0 unspecified atom stereocenters. The predicted octanol–water partition coefficient (Wildman–Crippen LogP) is 7.61. The summed E-state index contributed by atoms with van der Waals surface area (Å²) in [4.78, 5) is 18.1. The Bertz CT molecular complexity index is 1230. The van der Waals surface area contributed by atoms with Crippen LogP contribution in [-0.4, -0.2) is 18.9 Å². The Labute approximate surface area is 216 Å². The number of rotatable bonds is 4. The Kier molecular flexibility index (Phi) is 6.06. The number of hydrogen-bond donors (Lipinski definition) is 0. The number of para-hydroxylation sites is 2. The van der Waals surface area contributed by atoms with Crippen LogP contribution in [0, 0.1) is 0 Å². The van der Waals surface area contributed by atoms with Gasteiger partial charge in [0.1, 0.15) is 0 Å². The van der Waals surface area contributed by atoms with Crippen LogP contribution in [0.1, 0.15) is 65.5 Å². The van der Waals surface area contributed by atoms with E-state index in [0.717, 1.165) is 37.1 Å². The summed E-state index contributed by atoms with van der Waals surface area (Å²) < 4.78 is 0. The molecule has 0 spiro atoms. The smallest absolute Gasteiger partial charge is 0.185 e. The summed E-state index contributed by atoms with van der Waals surface area (Å²) in [5.74, 6) is 0.191. The van der Waals surface area contributed by atoms with E-state index in [1.165, 1.54) is 33.9 Å². The van der Waals surface area contributed by atoms with E-state index in [1.807, 2.05) is 0 Å². The van der Waals surface area contributed by atoms with Crippen LogP contribution in [-0.2, 0) is 15.6 Å². The molecule has 3 nitrogen and oxygen atoms in total. The van der Waals surface area contributed by atoms with Crippen LogP contribution in [0.4, 0.5) is 11.4 Å². The van der Waals surface area contributed by atoms with Crippen LogP contribution in [0.2, 0.25) is 0 Å². The van der Waals surface area contributed by atoms with Gasteiger partial charge in [-0.15, -0.1) is 0 Å². The molecule has 0 radical (unpaired) electrons. The highest BCUT2D eigenvalue weighted by Crippen LogP contribution is 2.48. The number of hydrogen-bond acceptors (Lipinski definition) is 3. The van der Waals surface area contributed by atoms with Crippen molar-refractivity contribution in [3.05, 3.63) is 107 Å². The van der Waals surface area contributed by atoms with Crippen molar-refractivity contribution in [2.24, 2.45) is 0 Å². The molecule has 3 heteroatoms. The lowest BCUT2D eigenvalue weighted by Gasteiger charge is -2.26. The number of nitrogens with zero attached hydrogens (tertiary/aromatic N) is 2. The number of fused-ring (bicyclic) bond motifs is 2. The average molecular weight is 479 g/mol. The van der Waals surface area contributed by atoms with Crippen LogP contribution in [0.3, 0.4) is 0 Å². The zero-order valence-electron chi connectivity index (χ0n) is 22.6. The maximum absolute atomic E-state index is 13.4. The van der Waals surface area contributed by atoms with Gasteiger partial charge in [-0.25, -0.2) is 0 Å². The number of benzene rings is 2. The van der Waals surface area contributed by atoms with E-state index in [-0.39, 0.29) is 16.6 Å². The maximum atomic E-state index is 13.4. The van der Waals surface area contributed by atoms with Crippen molar-refractivity contribution in [1.82, 2.24) is 0 Å². The molecule has 1 aliphatic carbocycles. The van der Waals surface area contributed by atoms with Crippen molar-refractivity contribution in [2.45, 2.75) is 65.2 Å². The fraction of sp³-hybridized carbons (Fsp3) is 0.364. The third-order valence-corrected chi connectivity index (χ3v) is 8.36. The van der Waals surface area contributed by atoms with E-state index in [2.05, 4.69) is 124 Å². The van der Waals surface area contributed by atoms with E-state index >= 15 is 0 Å². The molecule has 1 fully saturated rings. The number of carbonyl (C=O) groups is 1. The van der Waals surface area contributed by atoms with E-state index in [0.29, 0.717) is 0 Å². The zero-order chi connectivity index (χ0) is 25.7. The molecular weight excluding hydrogens is 440 g/mol. The molecule has 2 heterocycles. The minimum atomic E-state index is -0.0823. The Morgan fingerprint density at radius 2 is 1.06 bits per heavy atom. The van der Waals surface area contributed by atoms with Gasteiger partial charge in [0, 0.05) is 57.8 Å². The van der Waals surface area contributed by atoms with Gasteiger partial charge in [-0.3, -0.25) is 4.79 Å². The van der Waals surface area contributed by atoms with Crippen molar-refractivity contribution in [3.8, 4) is 0 Å². The largest absolute Gasteiger partial charge is 0.344 e. The number of Topliss-reactive ketones (excluding diaryl/α,β-unsaturated/α-hetero) is 1. The first-order chi connectivity index (χ1) is 17.2. The third-order valence-electron chi connectivity index (χ3n) is 8.36. The molecule has 186 valence electrons. The van der Waals surface area contributed by atoms with Crippen molar-refractivity contribution in [3.63, 3.8) is 0 Å². The number of allylic oxidation sites excluding steroid dienone is 8. The van der Waals surface area contributed by atoms with Crippen LogP contribution in [0.5, 0.6) is 0 Å². The number of likely N-dealkylation sites (N-methyl/N-ethyl adjacent to an activating group) is 2. The van der Waals surface area contributed by atoms with Crippen molar-refractivity contribution < 1.29 is 4.79 Å². The second kappa shape index (κ2) is 8.96. The lowest BCUT2D eigenvalue weighted by atomic mass is 9.83. The predicted molar refractivity (Wildman–Crippen MR) is 152 cm³/mol. The van der Waals surface area contributed by atoms with Crippen LogP contribution >= 0.6 is 0 Å². The molecule has 1 saturated carbocycles. The molecule has 3 aliphatic rings. The van der Waals surface area contributed by atoms with Gasteiger partial charge in [0.15, 0.2) is 5.78 Å². The maximum Gasteiger partial charge on any atom is 0.185 e. The SMILES string of the molecule is CCN1/C(=C/C=C2\CC/C(=C\C=C3\N(CC)c4ccccc4C3(C)C)C2=O)C(C)(C)c2ccccc21. The lowest BCUT2D eigenvalue weighted by molar-refractivity contribution is -0.111. The third kappa shape index (κ3) is 3.68. The number of anilines is 2. The quantitative estimate of drug-likeness (QED) is 0.423. The molecule has 0 N–H and O–H groups in total. The summed E-state index contributed by atoms with van der Waals surface area (Å²) in [5, 5.41) is 0. The van der Waals surface area contributed by atoms with Gasteiger partial charge in [-0.1, -0.05) is 76.2 Å². The second-order valence-electron chi connectivity index (χ2n) is 11.1. The second-order valence-corrected chi connectivity index (χ2v) is 11.1. The number of carbonyl (C=O) groups excluding carboxylic acids is 1. The minimum absolute atomic E-state index is 0.0823. The first-order valence-electron chi connectivity index (χ1n) is 13.3. The molecule has 0 bridgehead atoms. The molecule has 2 aliphatic heterocycles. The summed E-state index contributed by atoms with van der Waals surface area (Å²) in [6.07, 6.45) is 10.1. The van der Waals surface area contributed by atoms with Gasteiger partial charge in [0.05, 0.1) is 0 Å². The van der Waals surface area contributed by atoms with Crippen molar-refractivity contribution in [2.75, 3.05) is 22.9 Å². The Balaban J connectivity index is 1.43. The first kappa shape index (κ1) is 24.4. The van der Waals surface area contributed by atoms with Gasteiger partial charge in [0.25, 0.3) is 0 Å². The van der Waals surface area contributed by atoms with Crippen LogP contribution in [0.25, 0.3) is 0 Å². The highest BCUT2D eigenvalue weighted by Gasteiger charge is 2.40. The molecule has 2 aromatic carbocycles. The van der Waals surface area contributed by atoms with Gasteiger partial charge < -0.3 is 9.80 Å². The Hall–Kier alpha value is -3.33. The van der Waals surface area contributed by atoms with E-state index < -0.39 is 0 Å². The van der Waals surface area contributed by atoms with Crippen molar-refractivity contribution in [1.29, 1.82) is 0 Å². The van der Waals surface area contributed by atoms with E-state index in [9.17, 15) is 4.79 Å². The summed E-state index contributed by atoms with van der Waals surface area (Å²) in [6, 6.07) is 17.3. The standard InChI is InChI=1S/C33H38N2O/c1-7-34-27-15-11-9-13-25(27)32(3,4)29(34)21-19-23-17-18-24(31(23)36)20-22-30-33(5,6)26-14-10-12-16-28(26)35(30)8-2/h9-16,19-22H,7-8,17-18H2,1-6H3/b23-19+,24-20+,29-21+,30-22+. The van der Waals surface area contributed by atoms with Gasteiger partial charge >= 0.3 is 0 Å². The molecule has 0 aromatic heterocycles. The van der Waals surface area contributed by atoms with E-state index in [1.54, 1.807) is 0 Å². The highest BCUT2D eigenvalue weighted by atomic mass is 16.1. The van der Waals surface area contributed by atoms with Crippen molar-refractivity contribution >= 4 is 17.2 Å². The Morgan fingerprint density at radius 3 is 1.44 bits per heavy atom. The van der Waals surface area contributed by atoms with Gasteiger partial charge in [0.2, 0.25) is 0 Å². The van der Waals surface area contributed by atoms with Gasteiger partial charge in [-0.2, -0.15) is 0 Å². The lowest BCUT2D eigenvalue weighted by Crippen LogP contribution is -2.25.